The van der Waals surface area contributed by atoms with Crippen LogP contribution in [0.15, 0.2) is 38.1 Å². The van der Waals surface area contributed by atoms with Gasteiger partial charge in [0, 0.05) is 38.1 Å². The summed E-state index contributed by atoms with van der Waals surface area (Å²) in [5, 5.41) is 1.66. The summed E-state index contributed by atoms with van der Waals surface area (Å²) < 4.78 is 53.1. The van der Waals surface area contributed by atoms with Crippen molar-refractivity contribution >= 4 is 48.6 Å². The van der Waals surface area contributed by atoms with E-state index in [1.165, 1.54) is 33.7 Å². The van der Waals surface area contributed by atoms with Gasteiger partial charge in [-0.25, -0.2) is 16.8 Å². The number of sulfonamides is 2. The fourth-order valence-electron chi connectivity index (χ4n) is 2.80. The normalized spacial score (nSPS) is 16.6. The molecule has 0 spiro atoms. The highest BCUT2D eigenvalue weighted by Gasteiger charge is 2.32. The average Bonchev–Trinajstić information content (AvgIpc) is 3.34. The fraction of sp³-hybridized carbons (Fsp3) is 0.438. The number of carbonyl (C=O) groups is 1. The molecule has 2 aromatic rings. The minimum Gasteiger partial charge on any atom is -0.339 e. The number of nitrogens with zero attached hydrogens (tertiary/aromatic N) is 3. The van der Waals surface area contributed by atoms with E-state index in [0.717, 1.165) is 20.5 Å². The Kier molecular flexibility index (Phi) is 6.27. The third kappa shape index (κ3) is 4.31. The Labute approximate surface area is 173 Å². The molecule has 0 atom stereocenters. The van der Waals surface area contributed by atoms with E-state index in [4.69, 9.17) is 0 Å². The second kappa shape index (κ2) is 8.20. The molecule has 1 fully saturated rings. The number of aryl methyl sites for hydroxylation is 1. The highest BCUT2D eigenvalue weighted by Crippen LogP contribution is 2.25. The fourth-order valence-corrected chi connectivity index (χ4v) is 7.98. The predicted octanol–water partition coefficient (Wildman–Crippen LogP) is 1.27. The molecule has 0 aliphatic carbocycles. The van der Waals surface area contributed by atoms with Crippen LogP contribution in [0.25, 0.3) is 0 Å². The minimum atomic E-state index is -3.70. The summed E-state index contributed by atoms with van der Waals surface area (Å²) in [4.78, 5) is 14.9. The number of rotatable bonds is 6. The summed E-state index contributed by atoms with van der Waals surface area (Å²) in [6.07, 6.45) is 0. The molecular formula is C16H21N3O5S4. The van der Waals surface area contributed by atoms with Crippen LogP contribution in [0.3, 0.4) is 0 Å². The van der Waals surface area contributed by atoms with Crippen LogP contribution < -0.4 is 0 Å². The van der Waals surface area contributed by atoms with Crippen molar-refractivity contribution in [2.24, 2.45) is 0 Å². The number of carbonyl (C=O) groups excluding carboxylic acids is 1. The summed E-state index contributed by atoms with van der Waals surface area (Å²) >= 11 is 2.32. The maximum Gasteiger partial charge on any atom is 0.252 e. The van der Waals surface area contributed by atoms with Crippen molar-refractivity contribution < 1.29 is 21.6 Å². The zero-order chi connectivity index (χ0) is 20.5. The SMILES string of the molecule is Cc1ccc(S(=O)(=O)N2CCN(C(=O)CN(C)S(=O)(=O)c3cccs3)CC2)s1. The molecule has 1 amide bonds. The minimum absolute atomic E-state index is 0.185. The van der Waals surface area contributed by atoms with E-state index in [0.29, 0.717) is 4.21 Å². The van der Waals surface area contributed by atoms with Gasteiger partial charge in [-0.2, -0.15) is 8.61 Å². The number of hydrogen-bond acceptors (Lipinski definition) is 7. The predicted molar refractivity (Wildman–Crippen MR) is 109 cm³/mol. The molecule has 2 aromatic heterocycles. The van der Waals surface area contributed by atoms with Gasteiger partial charge in [-0.3, -0.25) is 4.79 Å². The van der Waals surface area contributed by atoms with Crippen LogP contribution >= 0.6 is 22.7 Å². The summed E-state index contributed by atoms with van der Waals surface area (Å²) in [7, 11) is -5.89. The highest BCUT2D eigenvalue weighted by atomic mass is 32.3. The summed E-state index contributed by atoms with van der Waals surface area (Å²) in [5.74, 6) is -0.341. The van der Waals surface area contributed by atoms with Crippen molar-refractivity contribution in [1.29, 1.82) is 0 Å². The molecule has 0 aromatic carbocycles. The summed E-state index contributed by atoms with van der Waals surface area (Å²) in [6, 6.07) is 6.50. The smallest absolute Gasteiger partial charge is 0.252 e. The van der Waals surface area contributed by atoms with Crippen molar-refractivity contribution in [1.82, 2.24) is 13.5 Å². The van der Waals surface area contributed by atoms with Crippen LogP contribution in [-0.2, 0) is 24.8 Å². The van der Waals surface area contributed by atoms with Gasteiger partial charge in [0.25, 0.3) is 20.0 Å². The lowest BCUT2D eigenvalue weighted by Crippen LogP contribution is -2.52. The Morgan fingerprint density at radius 1 is 1.07 bits per heavy atom. The van der Waals surface area contributed by atoms with E-state index in [1.807, 2.05) is 6.92 Å². The Hall–Kier alpha value is -1.31. The maximum atomic E-state index is 12.7. The topological polar surface area (TPSA) is 95.1 Å². The van der Waals surface area contributed by atoms with Gasteiger partial charge in [0.15, 0.2) is 0 Å². The molecule has 0 saturated carbocycles. The van der Waals surface area contributed by atoms with E-state index in [-0.39, 0.29) is 42.8 Å². The third-order valence-corrected chi connectivity index (χ3v) is 11.0. The Morgan fingerprint density at radius 3 is 2.29 bits per heavy atom. The first-order valence-corrected chi connectivity index (χ1v) is 13.0. The van der Waals surface area contributed by atoms with E-state index in [9.17, 15) is 21.6 Å². The molecular weight excluding hydrogens is 442 g/mol. The molecule has 3 heterocycles. The van der Waals surface area contributed by atoms with Gasteiger partial charge < -0.3 is 4.90 Å². The van der Waals surface area contributed by atoms with Crippen LogP contribution in [0.4, 0.5) is 0 Å². The Morgan fingerprint density at radius 2 is 1.75 bits per heavy atom. The first-order valence-electron chi connectivity index (χ1n) is 8.46. The molecule has 3 rings (SSSR count). The van der Waals surface area contributed by atoms with Gasteiger partial charge >= 0.3 is 0 Å². The molecule has 8 nitrogen and oxygen atoms in total. The first-order chi connectivity index (χ1) is 13.1. The molecule has 1 aliphatic heterocycles. The van der Waals surface area contributed by atoms with E-state index >= 15 is 0 Å². The monoisotopic (exact) mass is 463 g/mol. The summed E-state index contributed by atoms with van der Waals surface area (Å²) in [6.45, 7) is 2.40. The van der Waals surface area contributed by atoms with Crippen molar-refractivity contribution in [2.75, 3.05) is 39.8 Å². The lowest BCUT2D eigenvalue weighted by atomic mass is 10.3. The third-order valence-electron chi connectivity index (χ3n) is 4.42. The number of likely N-dealkylation sites (N-methyl/N-ethyl adjacent to an activating group) is 1. The Balaban J connectivity index is 1.60. The van der Waals surface area contributed by atoms with Gasteiger partial charge in [-0.15, -0.1) is 22.7 Å². The van der Waals surface area contributed by atoms with Gasteiger partial charge in [-0.1, -0.05) is 6.07 Å². The average molecular weight is 464 g/mol. The van der Waals surface area contributed by atoms with Gasteiger partial charge in [0.05, 0.1) is 6.54 Å². The van der Waals surface area contributed by atoms with Crippen LogP contribution in [0, 0.1) is 6.92 Å². The number of piperazine rings is 1. The van der Waals surface area contributed by atoms with Gasteiger partial charge in [0.2, 0.25) is 5.91 Å². The van der Waals surface area contributed by atoms with Gasteiger partial charge in [-0.05, 0) is 30.5 Å². The lowest BCUT2D eigenvalue weighted by molar-refractivity contribution is -0.132. The molecule has 0 bridgehead atoms. The van der Waals surface area contributed by atoms with Crippen molar-refractivity contribution in [3.8, 4) is 0 Å². The van der Waals surface area contributed by atoms with Crippen molar-refractivity contribution in [2.45, 2.75) is 15.3 Å². The number of thiophene rings is 2. The maximum absolute atomic E-state index is 12.7. The molecule has 1 aliphatic rings. The highest BCUT2D eigenvalue weighted by molar-refractivity contribution is 7.91. The largest absolute Gasteiger partial charge is 0.339 e. The molecule has 0 radical (unpaired) electrons. The molecule has 28 heavy (non-hydrogen) atoms. The zero-order valence-electron chi connectivity index (χ0n) is 15.4. The van der Waals surface area contributed by atoms with E-state index in [2.05, 4.69) is 0 Å². The molecule has 0 unspecified atom stereocenters. The molecule has 1 saturated heterocycles. The van der Waals surface area contributed by atoms with Crippen LogP contribution in [-0.4, -0.2) is 76.0 Å². The van der Waals surface area contributed by atoms with Crippen LogP contribution in [0.2, 0.25) is 0 Å². The summed E-state index contributed by atoms with van der Waals surface area (Å²) in [5.41, 5.74) is 0. The molecule has 12 heteroatoms. The van der Waals surface area contributed by atoms with Crippen molar-refractivity contribution in [3.63, 3.8) is 0 Å². The van der Waals surface area contributed by atoms with Crippen LogP contribution in [0.5, 0.6) is 0 Å². The standard InChI is InChI=1S/C16H21N3O5S4/c1-13-5-6-16(26-13)28(23,24)19-9-7-18(8-10-19)14(20)12-17(2)27(21,22)15-4-3-11-25-15/h3-6,11H,7-10,12H2,1-2H3. The Bertz CT molecular complexity index is 1040. The first kappa shape index (κ1) is 21.4. The second-order valence-corrected chi connectivity index (χ2v) is 13.0. The number of amides is 1. The molecule has 0 N–H and O–H groups in total. The molecule has 154 valence electrons. The zero-order valence-corrected chi connectivity index (χ0v) is 18.7. The van der Waals surface area contributed by atoms with Gasteiger partial charge in [0.1, 0.15) is 8.42 Å². The number of hydrogen-bond donors (Lipinski definition) is 0. The van der Waals surface area contributed by atoms with Crippen LogP contribution in [0.1, 0.15) is 4.88 Å². The quantitative estimate of drug-likeness (QED) is 0.643. The second-order valence-electron chi connectivity index (χ2n) is 6.34. The lowest BCUT2D eigenvalue weighted by Gasteiger charge is -2.34. The van der Waals surface area contributed by atoms with E-state index in [1.54, 1.807) is 23.6 Å². The van der Waals surface area contributed by atoms with Crippen molar-refractivity contribution in [3.05, 3.63) is 34.5 Å². The van der Waals surface area contributed by atoms with E-state index < -0.39 is 20.0 Å².